The molecule has 1 aliphatic heterocycles. The van der Waals surface area contributed by atoms with Gasteiger partial charge in [0.2, 0.25) is 0 Å². The molecule has 5 nitrogen and oxygen atoms in total. The second-order valence-corrected chi connectivity index (χ2v) is 5.85. The largest absolute Gasteiger partial charge is 0.340 e. The number of fused-ring (bicyclic) bond motifs is 1. The summed E-state index contributed by atoms with van der Waals surface area (Å²) in [7, 11) is 0. The van der Waals surface area contributed by atoms with Gasteiger partial charge in [0.1, 0.15) is 17.5 Å². The third kappa shape index (κ3) is 2.88. The monoisotopic (exact) mass is 340 g/mol. The number of hydrogen-bond acceptors (Lipinski definition) is 3. The van der Waals surface area contributed by atoms with Crippen molar-refractivity contribution in [2.24, 2.45) is 0 Å². The second-order valence-electron chi connectivity index (χ2n) is 5.85. The van der Waals surface area contributed by atoms with E-state index in [0.29, 0.717) is 30.9 Å². The molecule has 0 unspecified atom stereocenters. The van der Waals surface area contributed by atoms with Gasteiger partial charge in [0.25, 0.3) is 5.91 Å². The summed E-state index contributed by atoms with van der Waals surface area (Å²) < 4.78 is 27.0. The normalized spacial score (nSPS) is 13.6. The molecule has 2 aromatic heterocycles. The van der Waals surface area contributed by atoms with Gasteiger partial charge in [0.05, 0.1) is 29.1 Å². The minimum atomic E-state index is -0.672. The highest BCUT2D eigenvalue weighted by Gasteiger charge is 2.25. The quantitative estimate of drug-likeness (QED) is 0.780. The third-order valence-electron chi connectivity index (χ3n) is 4.21. The zero-order valence-electron chi connectivity index (χ0n) is 13.2. The fraction of sp³-hybridized carbons (Fsp3) is 0.167. The minimum absolute atomic E-state index is 0.108. The van der Waals surface area contributed by atoms with Crippen LogP contribution in [0.25, 0.3) is 11.4 Å². The molecule has 0 saturated heterocycles. The molecule has 0 fully saturated rings. The molecule has 7 heteroatoms. The van der Waals surface area contributed by atoms with Gasteiger partial charge in [-0.05, 0) is 24.3 Å². The van der Waals surface area contributed by atoms with E-state index >= 15 is 0 Å². The van der Waals surface area contributed by atoms with Crippen LogP contribution < -0.4 is 0 Å². The Morgan fingerprint density at radius 1 is 1.24 bits per heavy atom. The second kappa shape index (κ2) is 6.08. The molecule has 4 rings (SSSR count). The van der Waals surface area contributed by atoms with Gasteiger partial charge in [-0.15, -0.1) is 0 Å². The van der Waals surface area contributed by atoms with Crippen LogP contribution in [0.4, 0.5) is 8.78 Å². The SMILES string of the molecule is O=C(c1cccnc1)N1CCc2nc(-c3ccc(F)cc3F)[nH]c2C1. The Morgan fingerprint density at radius 2 is 2.12 bits per heavy atom. The first kappa shape index (κ1) is 15.4. The van der Waals surface area contributed by atoms with Crippen molar-refractivity contribution < 1.29 is 13.6 Å². The average Bonchev–Trinajstić information content (AvgIpc) is 3.04. The lowest BCUT2D eigenvalue weighted by Crippen LogP contribution is -2.36. The van der Waals surface area contributed by atoms with Crippen molar-refractivity contribution in [3.05, 3.63) is 71.3 Å². The highest BCUT2D eigenvalue weighted by molar-refractivity contribution is 5.94. The van der Waals surface area contributed by atoms with Gasteiger partial charge < -0.3 is 9.88 Å². The molecule has 1 amide bonds. The molecule has 3 heterocycles. The smallest absolute Gasteiger partial charge is 0.255 e. The van der Waals surface area contributed by atoms with E-state index in [2.05, 4.69) is 15.0 Å². The van der Waals surface area contributed by atoms with Crippen LogP contribution in [0.5, 0.6) is 0 Å². The van der Waals surface area contributed by atoms with E-state index in [1.54, 1.807) is 23.2 Å². The molecule has 25 heavy (non-hydrogen) atoms. The Morgan fingerprint density at radius 3 is 2.88 bits per heavy atom. The summed E-state index contributed by atoms with van der Waals surface area (Å²) in [5.74, 6) is -1.07. The predicted molar refractivity (Wildman–Crippen MR) is 86.6 cm³/mol. The van der Waals surface area contributed by atoms with E-state index in [1.165, 1.54) is 18.3 Å². The number of nitrogens with zero attached hydrogens (tertiary/aromatic N) is 3. The molecule has 0 aliphatic carbocycles. The van der Waals surface area contributed by atoms with Crippen LogP contribution in [0, 0.1) is 11.6 Å². The molecule has 0 saturated carbocycles. The number of H-pyrrole nitrogens is 1. The number of aromatic nitrogens is 3. The fourth-order valence-corrected chi connectivity index (χ4v) is 2.95. The predicted octanol–water partition coefficient (Wildman–Crippen LogP) is 2.95. The van der Waals surface area contributed by atoms with Crippen LogP contribution in [0.2, 0.25) is 0 Å². The van der Waals surface area contributed by atoms with Crippen molar-refractivity contribution >= 4 is 5.91 Å². The Kier molecular flexibility index (Phi) is 3.76. The molecule has 0 spiro atoms. The lowest BCUT2D eigenvalue weighted by Gasteiger charge is -2.26. The summed E-state index contributed by atoms with van der Waals surface area (Å²) in [4.78, 5) is 25.7. The van der Waals surface area contributed by atoms with Crippen molar-refractivity contribution in [3.8, 4) is 11.4 Å². The van der Waals surface area contributed by atoms with Crippen LogP contribution in [0.3, 0.4) is 0 Å². The summed E-state index contributed by atoms with van der Waals surface area (Å²) in [6.07, 6.45) is 3.72. The van der Waals surface area contributed by atoms with Crippen molar-refractivity contribution in [3.63, 3.8) is 0 Å². The van der Waals surface area contributed by atoms with Gasteiger partial charge >= 0.3 is 0 Å². The number of halogens is 2. The molecule has 1 N–H and O–H groups in total. The van der Waals surface area contributed by atoms with Crippen molar-refractivity contribution in [2.45, 2.75) is 13.0 Å². The van der Waals surface area contributed by atoms with Crippen LogP contribution >= 0.6 is 0 Å². The van der Waals surface area contributed by atoms with Gasteiger partial charge in [-0.3, -0.25) is 9.78 Å². The van der Waals surface area contributed by atoms with E-state index in [0.717, 1.165) is 17.5 Å². The Bertz CT molecular complexity index is 940. The van der Waals surface area contributed by atoms with Crippen LogP contribution in [-0.4, -0.2) is 32.3 Å². The highest BCUT2D eigenvalue weighted by Crippen LogP contribution is 2.25. The van der Waals surface area contributed by atoms with Crippen molar-refractivity contribution in [1.82, 2.24) is 19.9 Å². The minimum Gasteiger partial charge on any atom is -0.340 e. The topological polar surface area (TPSA) is 61.9 Å². The molecule has 0 radical (unpaired) electrons. The molecule has 3 aromatic rings. The van der Waals surface area contributed by atoms with Crippen LogP contribution in [-0.2, 0) is 13.0 Å². The molecule has 0 atom stereocenters. The number of benzene rings is 1. The van der Waals surface area contributed by atoms with E-state index in [4.69, 9.17) is 0 Å². The lowest BCUT2D eigenvalue weighted by molar-refractivity contribution is 0.0731. The molecule has 1 aliphatic rings. The van der Waals surface area contributed by atoms with Crippen molar-refractivity contribution in [2.75, 3.05) is 6.54 Å². The Hall–Kier alpha value is -3.09. The highest BCUT2D eigenvalue weighted by atomic mass is 19.1. The third-order valence-corrected chi connectivity index (χ3v) is 4.21. The number of nitrogens with one attached hydrogen (secondary N) is 1. The zero-order valence-corrected chi connectivity index (χ0v) is 13.2. The van der Waals surface area contributed by atoms with Crippen LogP contribution in [0.1, 0.15) is 21.7 Å². The van der Waals surface area contributed by atoms with E-state index in [-0.39, 0.29) is 11.5 Å². The van der Waals surface area contributed by atoms with Crippen LogP contribution in [0.15, 0.2) is 42.7 Å². The van der Waals surface area contributed by atoms with Crippen molar-refractivity contribution in [1.29, 1.82) is 0 Å². The van der Waals surface area contributed by atoms with Gasteiger partial charge in [-0.2, -0.15) is 0 Å². The number of carbonyl (C=O) groups is 1. The first-order valence-corrected chi connectivity index (χ1v) is 7.84. The molecule has 0 bridgehead atoms. The summed E-state index contributed by atoms with van der Waals surface area (Å²) in [6, 6.07) is 6.81. The Balaban J connectivity index is 1.60. The zero-order chi connectivity index (χ0) is 17.4. The van der Waals surface area contributed by atoms with Gasteiger partial charge in [-0.25, -0.2) is 13.8 Å². The number of amides is 1. The number of aromatic amines is 1. The molecular formula is C18H14F2N4O. The number of rotatable bonds is 2. The standard InChI is InChI=1S/C18H14F2N4O/c19-12-3-4-13(14(20)8-12)17-22-15-5-7-24(10-16(15)23-17)18(25)11-2-1-6-21-9-11/h1-4,6,8-9H,5,7,10H2,(H,22,23). The maximum absolute atomic E-state index is 14.0. The summed E-state index contributed by atoms with van der Waals surface area (Å²) in [5, 5.41) is 0. The first-order valence-electron chi connectivity index (χ1n) is 7.84. The fourth-order valence-electron chi connectivity index (χ4n) is 2.95. The molecule has 126 valence electrons. The Labute approximate surface area is 142 Å². The lowest BCUT2D eigenvalue weighted by atomic mass is 10.1. The maximum Gasteiger partial charge on any atom is 0.255 e. The maximum atomic E-state index is 14.0. The summed E-state index contributed by atoms with van der Waals surface area (Å²) in [6.45, 7) is 0.885. The van der Waals surface area contributed by atoms with Gasteiger partial charge in [0, 0.05) is 31.4 Å². The first-order chi connectivity index (χ1) is 12.1. The molecule has 1 aromatic carbocycles. The van der Waals surface area contributed by atoms with E-state index < -0.39 is 11.6 Å². The number of imidazole rings is 1. The average molecular weight is 340 g/mol. The molecular weight excluding hydrogens is 326 g/mol. The summed E-state index contributed by atoms with van der Waals surface area (Å²) in [5.41, 5.74) is 2.30. The van der Waals surface area contributed by atoms with Gasteiger partial charge in [0.15, 0.2) is 0 Å². The van der Waals surface area contributed by atoms with E-state index in [1.807, 2.05) is 0 Å². The van der Waals surface area contributed by atoms with Gasteiger partial charge in [-0.1, -0.05) is 0 Å². The number of carbonyl (C=O) groups excluding carboxylic acids is 1. The number of hydrogen-bond donors (Lipinski definition) is 1. The summed E-state index contributed by atoms with van der Waals surface area (Å²) >= 11 is 0. The number of pyridine rings is 1. The van der Waals surface area contributed by atoms with E-state index in [9.17, 15) is 13.6 Å².